The van der Waals surface area contributed by atoms with Crippen molar-refractivity contribution in [2.24, 2.45) is 0 Å². The molecule has 0 aliphatic carbocycles. The highest BCUT2D eigenvalue weighted by atomic mass is 16.6. The molecule has 1 N–H and O–H groups in total. The van der Waals surface area contributed by atoms with Gasteiger partial charge in [-0.05, 0) is 56.0 Å². The van der Waals surface area contributed by atoms with E-state index in [0.717, 1.165) is 43.8 Å². The van der Waals surface area contributed by atoms with Gasteiger partial charge in [-0.1, -0.05) is 12.1 Å². The maximum atomic E-state index is 11.7. The molecule has 2 aliphatic heterocycles. The Balaban J connectivity index is 1.78. The van der Waals surface area contributed by atoms with E-state index < -0.39 is 10.6 Å². The van der Waals surface area contributed by atoms with Crippen LogP contribution in [0.4, 0.5) is 11.4 Å². The molecular formula is C21H24N3O3+. The minimum Gasteiger partial charge on any atom is -0.346 e. The Morgan fingerprint density at radius 2 is 1.93 bits per heavy atom. The molecule has 0 bridgehead atoms. The van der Waals surface area contributed by atoms with Crippen LogP contribution in [-0.4, -0.2) is 33.5 Å². The standard InChI is InChI=1S/C21H24N3O3/c1-16-6-5-7-19(14-16)22-15-21(25,23-13-4-2-3-8-20(22)23)17-9-11-18(12-10-17)24(26)27/h5-7,9-12,14,25H,2-4,8,13,15H2,1H3/q+1. The number of benzene rings is 2. The van der Waals surface area contributed by atoms with E-state index in [-0.39, 0.29) is 5.69 Å². The normalized spacial score (nSPS) is 22.5. The van der Waals surface area contributed by atoms with Crippen molar-refractivity contribution in [2.45, 2.75) is 38.3 Å². The first kappa shape index (κ1) is 17.7. The first-order valence-electron chi connectivity index (χ1n) is 9.44. The van der Waals surface area contributed by atoms with E-state index in [1.54, 1.807) is 12.1 Å². The van der Waals surface area contributed by atoms with Crippen molar-refractivity contribution in [2.75, 3.05) is 18.0 Å². The van der Waals surface area contributed by atoms with E-state index >= 15 is 0 Å². The van der Waals surface area contributed by atoms with E-state index in [1.807, 2.05) is 6.07 Å². The molecule has 6 heteroatoms. The molecule has 27 heavy (non-hydrogen) atoms. The molecule has 0 aromatic heterocycles. The van der Waals surface area contributed by atoms with E-state index in [9.17, 15) is 15.2 Å². The highest BCUT2D eigenvalue weighted by Gasteiger charge is 2.52. The zero-order chi connectivity index (χ0) is 19.0. The molecule has 140 valence electrons. The minimum absolute atomic E-state index is 0.0379. The van der Waals surface area contributed by atoms with Gasteiger partial charge in [-0.2, -0.15) is 0 Å². The molecule has 1 atom stereocenters. The third-order valence-corrected chi connectivity index (χ3v) is 5.58. The maximum absolute atomic E-state index is 11.7. The molecule has 0 saturated heterocycles. The van der Waals surface area contributed by atoms with E-state index in [4.69, 9.17) is 0 Å². The Labute approximate surface area is 158 Å². The molecule has 4 rings (SSSR count). The number of rotatable bonds is 3. The molecule has 0 saturated carbocycles. The Bertz CT molecular complexity index is 907. The predicted molar refractivity (Wildman–Crippen MR) is 104 cm³/mol. The molecule has 2 aromatic carbocycles. The van der Waals surface area contributed by atoms with Crippen molar-refractivity contribution in [1.29, 1.82) is 0 Å². The van der Waals surface area contributed by atoms with Crippen molar-refractivity contribution in [3.8, 4) is 0 Å². The molecule has 2 aromatic rings. The quantitative estimate of drug-likeness (QED) is 0.512. The Hall–Kier alpha value is -2.73. The van der Waals surface area contributed by atoms with Crippen LogP contribution in [0, 0.1) is 17.0 Å². The first-order valence-corrected chi connectivity index (χ1v) is 9.44. The number of aryl methyl sites for hydroxylation is 1. The molecule has 6 nitrogen and oxygen atoms in total. The summed E-state index contributed by atoms with van der Waals surface area (Å²) in [7, 11) is 0. The smallest absolute Gasteiger partial charge is 0.271 e. The molecule has 2 heterocycles. The molecular weight excluding hydrogens is 342 g/mol. The maximum Gasteiger partial charge on any atom is 0.271 e. The summed E-state index contributed by atoms with van der Waals surface area (Å²) in [5, 5.41) is 22.7. The number of nitro groups is 1. The third kappa shape index (κ3) is 3.10. The average Bonchev–Trinajstić information content (AvgIpc) is 2.82. The Morgan fingerprint density at radius 1 is 1.15 bits per heavy atom. The predicted octanol–water partition coefficient (Wildman–Crippen LogP) is 3.55. The molecule has 0 amide bonds. The van der Waals surface area contributed by atoms with Crippen molar-refractivity contribution < 1.29 is 14.6 Å². The molecule has 1 unspecified atom stereocenters. The van der Waals surface area contributed by atoms with Gasteiger partial charge in [0.05, 0.1) is 11.5 Å². The second-order valence-electron chi connectivity index (χ2n) is 7.42. The summed E-state index contributed by atoms with van der Waals surface area (Å²) < 4.78 is 2.10. The van der Waals surface area contributed by atoms with Crippen molar-refractivity contribution in [1.82, 2.24) is 0 Å². The van der Waals surface area contributed by atoms with Crippen LogP contribution in [0.3, 0.4) is 0 Å². The summed E-state index contributed by atoms with van der Waals surface area (Å²) in [6.07, 6.45) is 4.19. The van der Waals surface area contributed by atoms with Gasteiger partial charge in [0.1, 0.15) is 5.69 Å². The molecule has 0 fully saturated rings. The second kappa shape index (κ2) is 6.78. The summed E-state index contributed by atoms with van der Waals surface area (Å²) in [6.45, 7) is 3.27. The summed E-state index contributed by atoms with van der Waals surface area (Å²) in [5.41, 5.74) is 1.81. The van der Waals surface area contributed by atoms with Crippen LogP contribution in [0.15, 0.2) is 48.5 Å². The number of nitrogens with zero attached hydrogens (tertiary/aromatic N) is 3. The number of hydrogen-bond donors (Lipinski definition) is 1. The fourth-order valence-electron chi connectivity index (χ4n) is 4.20. The van der Waals surface area contributed by atoms with E-state index in [0.29, 0.717) is 12.1 Å². The van der Waals surface area contributed by atoms with Gasteiger partial charge in [0.25, 0.3) is 17.2 Å². The van der Waals surface area contributed by atoms with Gasteiger partial charge in [-0.25, -0.2) is 9.48 Å². The average molecular weight is 366 g/mol. The fourth-order valence-corrected chi connectivity index (χ4v) is 4.20. The molecule has 0 spiro atoms. The van der Waals surface area contributed by atoms with Gasteiger partial charge in [0.15, 0.2) is 6.54 Å². The van der Waals surface area contributed by atoms with Crippen LogP contribution in [-0.2, 0) is 5.72 Å². The van der Waals surface area contributed by atoms with Crippen molar-refractivity contribution in [3.63, 3.8) is 0 Å². The van der Waals surface area contributed by atoms with Gasteiger partial charge in [0.2, 0.25) is 0 Å². The minimum atomic E-state index is -1.18. The van der Waals surface area contributed by atoms with Gasteiger partial charge in [-0.3, -0.25) is 10.1 Å². The summed E-state index contributed by atoms with van der Waals surface area (Å²) in [5.74, 6) is 1.14. The van der Waals surface area contributed by atoms with Gasteiger partial charge in [-0.15, -0.1) is 0 Å². The van der Waals surface area contributed by atoms with E-state index in [2.05, 4.69) is 34.6 Å². The fraction of sp³-hybridized carbons (Fsp3) is 0.381. The van der Waals surface area contributed by atoms with Crippen LogP contribution in [0.1, 0.15) is 36.8 Å². The summed E-state index contributed by atoms with van der Waals surface area (Å²) in [4.78, 5) is 12.8. The number of nitro benzene ring substituents is 1. The highest BCUT2D eigenvalue weighted by molar-refractivity contribution is 5.96. The van der Waals surface area contributed by atoms with Crippen LogP contribution >= 0.6 is 0 Å². The lowest BCUT2D eigenvalue weighted by molar-refractivity contribution is -0.658. The number of aliphatic hydroxyl groups is 1. The van der Waals surface area contributed by atoms with Crippen LogP contribution in [0.2, 0.25) is 0 Å². The van der Waals surface area contributed by atoms with Gasteiger partial charge < -0.3 is 5.11 Å². The lowest BCUT2D eigenvalue weighted by atomic mass is 10.0. The molecule has 0 radical (unpaired) electrons. The third-order valence-electron chi connectivity index (χ3n) is 5.58. The van der Waals surface area contributed by atoms with Crippen LogP contribution < -0.4 is 4.90 Å². The Morgan fingerprint density at radius 3 is 2.63 bits per heavy atom. The Kier molecular flexibility index (Phi) is 4.44. The SMILES string of the molecule is Cc1cccc(N2CC(O)(c3ccc([N+](=O)[O-])cc3)[N+]3=C2CCCCC3)c1. The molecule has 2 aliphatic rings. The topological polar surface area (TPSA) is 69.6 Å². The monoisotopic (exact) mass is 366 g/mol. The zero-order valence-corrected chi connectivity index (χ0v) is 15.5. The number of non-ortho nitro benzene ring substituents is 1. The number of amidine groups is 1. The second-order valence-corrected chi connectivity index (χ2v) is 7.42. The lowest BCUT2D eigenvalue weighted by Gasteiger charge is -2.23. The summed E-state index contributed by atoms with van der Waals surface area (Å²) >= 11 is 0. The lowest BCUT2D eigenvalue weighted by Crippen LogP contribution is -2.41. The zero-order valence-electron chi connectivity index (χ0n) is 15.5. The van der Waals surface area contributed by atoms with E-state index in [1.165, 1.54) is 17.7 Å². The van der Waals surface area contributed by atoms with Crippen molar-refractivity contribution in [3.05, 3.63) is 69.8 Å². The van der Waals surface area contributed by atoms with Crippen LogP contribution in [0.5, 0.6) is 0 Å². The summed E-state index contributed by atoms with van der Waals surface area (Å²) in [6, 6.07) is 14.6. The van der Waals surface area contributed by atoms with Crippen molar-refractivity contribution >= 4 is 17.2 Å². The highest BCUT2D eigenvalue weighted by Crippen LogP contribution is 2.36. The van der Waals surface area contributed by atoms with Gasteiger partial charge >= 0.3 is 0 Å². The largest absolute Gasteiger partial charge is 0.346 e. The number of hydrogen-bond acceptors (Lipinski definition) is 4. The van der Waals surface area contributed by atoms with Gasteiger partial charge in [0, 0.05) is 24.1 Å². The van der Waals surface area contributed by atoms with Crippen LogP contribution in [0.25, 0.3) is 0 Å². The number of anilines is 1. The first-order chi connectivity index (χ1) is 13.0. The number of β-amino-alcohol motifs (C(OH)–C–C–N with tert-alkyl or cyclic N) is 1.